The van der Waals surface area contributed by atoms with Crippen LogP contribution in [-0.4, -0.2) is 28.8 Å². The van der Waals surface area contributed by atoms with Gasteiger partial charge in [-0.3, -0.25) is 4.79 Å². The first-order chi connectivity index (χ1) is 10.7. The standard InChI is InChI=1S/C14H13BrN6O/c15-11-7-18-21(9-11)13-3-1-12(2-4-13)20-8-10(5-14(20)22)6-17-19-16/h1-4,7,9-10H,5-6,8H2. The predicted octanol–water partition coefficient (Wildman–Crippen LogP) is 3.30. The molecule has 0 saturated carbocycles. The van der Waals surface area contributed by atoms with Crippen LogP contribution >= 0.6 is 15.9 Å². The van der Waals surface area contributed by atoms with E-state index in [0.29, 0.717) is 19.5 Å². The topological polar surface area (TPSA) is 86.9 Å². The first-order valence-electron chi connectivity index (χ1n) is 6.79. The molecule has 22 heavy (non-hydrogen) atoms. The fourth-order valence-electron chi connectivity index (χ4n) is 2.53. The van der Waals surface area contributed by atoms with E-state index < -0.39 is 0 Å². The fraction of sp³-hybridized carbons (Fsp3) is 0.286. The number of amides is 1. The minimum atomic E-state index is 0.0627. The minimum absolute atomic E-state index is 0.0627. The molecule has 1 unspecified atom stereocenters. The first-order valence-corrected chi connectivity index (χ1v) is 7.58. The number of nitrogens with zero attached hydrogens (tertiary/aromatic N) is 6. The largest absolute Gasteiger partial charge is 0.312 e. The van der Waals surface area contributed by atoms with Gasteiger partial charge in [0.05, 0.1) is 16.4 Å². The normalized spacial score (nSPS) is 17.6. The van der Waals surface area contributed by atoms with E-state index in [2.05, 4.69) is 31.1 Å². The maximum Gasteiger partial charge on any atom is 0.227 e. The van der Waals surface area contributed by atoms with Crippen LogP contribution in [0.5, 0.6) is 0 Å². The number of benzene rings is 1. The number of carbonyl (C=O) groups is 1. The molecule has 1 aliphatic rings. The van der Waals surface area contributed by atoms with Crippen molar-refractivity contribution >= 4 is 27.5 Å². The quantitative estimate of drug-likeness (QED) is 0.475. The highest BCUT2D eigenvalue weighted by Gasteiger charge is 2.29. The lowest BCUT2D eigenvalue weighted by Crippen LogP contribution is -2.24. The van der Waals surface area contributed by atoms with Gasteiger partial charge in [0.25, 0.3) is 0 Å². The molecule has 1 fully saturated rings. The van der Waals surface area contributed by atoms with Crippen LogP contribution in [0.1, 0.15) is 6.42 Å². The van der Waals surface area contributed by atoms with Crippen molar-refractivity contribution in [2.24, 2.45) is 11.0 Å². The van der Waals surface area contributed by atoms with E-state index >= 15 is 0 Å². The SMILES string of the molecule is [N-]=[N+]=NCC1CC(=O)N(c2ccc(-n3cc(Br)cn3)cc2)C1. The van der Waals surface area contributed by atoms with Gasteiger partial charge in [0, 0.05) is 36.3 Å². The third kappa shape index (κ3) is 2.98. The Balaban J connectivity index is 1.75. The molecule has 1 aromatic heterocycles. The maximum atomic E-state index is 12.1. The zero-order valence-electron chi connectivity index (χ0n) is 11.6. The van der Waals surface area contributed by atoms with Crippen LogP contribution in [0.25, 0.3) is 16.1 Å². The first kappa shape index (κ1) is 14.6. The molecular formula is C14H13BrN6O. The monoisotopic (exact) mass is 360 g/mol. The van der Waals surface area contributed by atoms with Crippen molar-refractivity contribution in [3.8, 4) is 5.69 Å². The average Bonchev–Trinajstić information content (AvgIpc) is 3.11. The Morgan fingerprint density at radius 3 is 2.73 bits per heavy atom. The molecule has 1 aromatic carbocycles. The van der Waals surface area contributed by atoms with Gasteiger partial charge in [-0.25, -0.2) is 4.68 Å². The van der Waals surface area contributed by atoms with Gasteiger partial charge in [0.15, 0.2) is 0 Å². The number of azide groups is 1. The number of carbonyl (C=O) groups excluding carboxylic acids is 1. The molecule has 0 radical (unpaired) electrons. The van der Waals surface area contributed by atoms with E-state index in [9.17, 15) is 4.79 Å². The fourth-order valence-corrected chi connectivity index (χ4v) is 2.82. The van der Waals surface area contributed by atoms with Crippen molar-refractivity contribution in [1.29, 1.82) is 0 Å². The number of hydrogen-bond acceptors (Lipinski definition) is 3. The van der Waals surface area contributed by atoms with Crippen LogP contribution in [0.3, 0.4) is 0 Å². The van der Waals surface area contributed by atoms with E-state index in [4.69, 9.17) is 5.53 Å². The summed E-state index contributed by atoms with van der Waals surface area (Å²) < 4.78 is 2.66. The summed E-state index contributed by atoms with van der Waals surface area (Å²) in [5, 5.41) is 7.77. The van der Waals surface area contributed by atoms with Crippen molar-refractivity contribution in [3.05, 3.63) is 51.6 Å². The van der Waals surface area contributed by atoms with Crippen LogP contribution in [0.4, 0.5) is 5.69 Å². The molecular weight excluding hydrogens is 348 g/mol. The van der Waals surface area contributed by atoms with Crippen LogP contribution in [0.15, 0.2) is 46.2 Å². The summed E-state index contributed by atoms with van der Waals surface area (Å²) in [6.07, 6.45) is 4.01. The molecule has 112 valence electrons. The molecule has 3 rings (SSSR count). The number of rotatable bonds is 4. The highest BCUT2D eigenvalue weighted by atomic mass is 79.9. The highest BCUT2D eigenvalue weighted by Crippen LogP contribution is 2.26. The van der Waals surface area contributed by atoms with Crippen molar-refractivity contribution in [1.82, 2.24) is 9.78 Å². The summed E-state index contributed by atoms with van der Waals surface area (Å²) in [4.78, 5) is 16.6. The second kappa shape index (κ2) is 6.21. The van der Waals surface area contributed by atoms with Gasteiger partial charge < -0.3 is 4.90 Å². The second-order valence-electron chi connectivity index (χ2n) is 5.11. The lowest BCUT2D eigenvalue weighted by molar-refractivity contribution is -0.117. The molecule has 1 atom stereocenters. The Morgan fingerprint density at radius 1 is 1.36 bits per heavy atom. The second-order valence-corrected chi connectivity index (χ2v) is 6.02. The van der Waals surface area contributed by atoms with Crippen LogP contribution in [0.2, 0.25) is 0 Å². The molecule has 0 spiro atoms. The van der Waals surface area contributed by atoms with Crippen molar-refractivity contribution in [3.63, 3.8) is 0 Å². The molecule has 7 nitrogen and oxygen atoms in total. The Hall–Kier alpha value is -2.31. The van der Waals surface area contributed by atoms with E-state index in [1.165, 1.54) is 0 Å². The molecule has 1 aliphatic heterocycles. The minimum Gasteiger partial charge on any atom is -0.312 e. The lowest BCUT2D eigenvalue weighted by Gasteiger charge is -2.17. The third-order valence-corrected chi connectivity index (χ3v) is 3.99. The van der Waals surface area contributed by atoms with Gasteiger partial charge >= 0.3 is 0 Å². The van der Waals surface area contributed by atoms with Crippen LogP contribution < -0.4 is 4.90 Å². The molecule has 1 amide bonds. The Morgan fingerprint density at radius 2 is 2.09 bits per heavy atom. The van der Waals surface area contributed by atoms with E-state index in [1.54, 1.807) is 15.8 Å². The summed E-state index contributed by atoms with van der Waals surface area (Å²) in [5.74, 6) is 0.151. The zero-order valence-corrected chi connectivity index (χ0v) is 13.2. The van der Waals surface area contributed by atoms with Gasteiger partial charge in [0.1, 0.15) is 0 Å². The number of aromatic nitrogens is 2. The molecule has 2 heterocycles. The zero-order chi connectivity index (χ0) is 15.5. The van der Waals surface area contributed by atoms with E-state index in [0.717, 1.165) is 15.8 Å². The Kier molecular flexibility index (Phi) is 4.13. The van der Waals surface area contributed by atoms with Gasteiger partial charge in [-0.2, -0.15) is 5.10 Å². The summed E-state index contributed by atoms with van der Waals surface area (Å²) in [6.45, 7) is 0.947. The molecule has 0 aliphatic carbocycles. The Labute approximate surface area is 135 Å². The number of halogens is 1. The van der Waals surface area contributed by atoms with Crippen molar-refractivity contribution in [2.45, 2.75) is 6.42 Å². The van der Waals surface area contributed by atoms with Gasteiger partial charge in [0.2, 0.25) is 5.91 Å². The van der Waals surface area contributed by atoms with Crippen LogP contribution in [-0.2, 0) is 4.79 Å². The van der Waals surface area contributed by atoms with Crippen molar-refractivity contribution in [2.75, 3.05) is 18.0 Å². The van der Waals surface area contributed by atoms with Crippen molar-refractivity contribution < 1.29 is 4.79 Å². The molecule has 2 aromatic rings. The van der Waals surface area contributed by atoms with E-state index in [-0.39, 0.29) is 11.8 Å². The molecule has 0 bridgehead atoms. The maximum absolute atomic E-state index is 12.1. The molecule has 1 saturated heterocycles. The van der Waals surface area contributed by atoms with Gasteiger partial charge in [-0.1, -0.05) is 5.11 Å². The third-order valence-electron chi connectivity index (χ3n) is 3.59. The summed E-state index contributed by atoms with van der Waals surface area (Å²) in [7, 11) is 0. The Bertz CT molecular complexity index is 734. The van der Waals surface area contributed by atoms with E-state index in [1.807, 2.05) is 30.5 Å². The van der Waals surface area contributed by atoms with Gasteiger partial charge in [-0.15, -0.1) is 0 Å². The summed E-state index contributed by atoms with van der Waals surface area (Å²) >= 11 is 3.36. The smallest absolute Gasteiger partial charge is 0.227 e. The number of hydrogen-bond donors (Lipinski definition) is 0. The average molecular weight is 361 g/mol. The van der Waals surface area contributed by atoms with Gasteiger partial charge in [-0.05, 0) is 51.6 Å². The molecule has 0 N–H and O–H groups in total. The highest BCUT2D eigenvalue weighted by molar-refractivity contribution is 9.10. The summed E-state index contributed by atoms with van der Waals surface area (Å²) in [5.41, 5.74) is 10.1. The number of anilines is 1. The lowest BCUT2D eigenvalue weighted by atomic mass is 10.1. The predicted molar refractivity (Wildman–Crippen MR) is 85.7 cm³/mol. The summed E-state index contributed by atoms with van der Waals surface area (Å²) in [6, 6.07) is 7.64. The molecule has 8 heteroatoms. The van der Waals surface area contributed by atoms with Crippen LogP contribution in [0, 0.1) is 5.92 Å².